The van der Waals surface area contributed by atoms with Crippen molar-refractivity contribution in [2.75, 3.05) is 11.9 Å². The minimum atomic E-state index is 0.849. The molecular formula is C14H19BrO. The molecule has 0 fully saturated rings. The number of benzene rings is 1. The Morgan fingerprint density at radius 2 is 2.00 bits per heavy atom. The molecule has 2 rings (SSSR count). The van der Waals surface area contributed by atoms with Crippen LogP contribution < -0.4 is 4.74 Å². The molecule has 1 aliphatic carbocycles. The van der Waals surface area contributed by atoms with Crippen LogP contribution in [0.25, 0.3) is 0 Å². The van der Waals surface area contributed by atoms with Gasteiger partial charge in [0.1, 0.15) is 5.75 Å². The SMILES string of the molecule is BrCCCCOc1cccc2c1CCCC2. The van der Waals surface area contributed by atoms with Crippen LogP contribution in [-0.2, 0) is 12.8 Å². The molecule has 1 nitrogen and oxygen atoms in total. The topological polar surface area (TPSA) is 9.23 Å². The zero-order chi connectivity index (χ0) is 11.2. The van der Waals surface area contributed by atoms with Crippen LogP contribution in [0.5, 0.6) is 5.75 Å². The lowest BCUT2D eigenvalue weighted by atomic mass is 9.91. The monoisotopic (exact) mass is 282 g/mol. The van der Waals surface area contributed by atoms with Crippen LogP contribution in [0.1, 0.15) is 36.8 Å². The Labute approximate surface area is 106 Å². The molecule has 0 saturated carbocycles. The number of alkyl halides is 1. The maximum absolute atomic E-state index is 5.89. The van der Waals surface area contributed by atoms with Gasteiger partial charge < -0.3 is 4.74 Å². The summed E-state index contributed by atoms with van der Waals surface area (Å²) in [5.74, 6) is 1.13. The molecule has 0 N–H and O–H groups in total. The standard InChI is InChI=1S/C14H19BrO/c15-10-3-4-11-16-14-9-5-7-12-6-1-2-8-13(12)14/h5,7,9H,1-4,6,8,10-11H2. The van der Waals surface area contributed by atoms with Crippen LogP contribution in [0.15, 0.2) is 18.2 Å². The first-order valence-corrected chi connectivity index (χ1v) is 7.33. The van der Waals surface area contributed by atoms with Crippen molar-refractivity contribution in [1.82, 2.24) is 0 Å². The molecule has 1 aliphatic rings. The van der Waals surface area contributed by atoms with Crippen molar-refractivity contribution < 1.29 is 4.74 Å². The second kappa shape index (κ2) is 6.29. The highest BCUT2D eigenvalue weighted by atomic mass is 79.9. The maximum atomic E-state index is 5.89. The number of halogens is 1. The number of aryl methyl sites for hydroxylation is 1. The molecule has 0 saturated heterocycles. The number of unbranched alkanes of at least 4 members (excludes halogenated alkanes) is 1. The Hall–Kier alpha value is -0.500. The second-order valence-electron chi connectivity index (χ2n) is 4.35. The molecule has 1 aromatic carbocycles. The fourth-order valence-corrected chi connectivity index (χ4v) is 2.66. The van der Waals surface area contributed by atoms with E-state index in [0.717, 1.165) is 24.1 Å². The van der Waals surface area contributed by atoms with Gasteiger partial charge in [0.15, 0.2) is 0 Å². The van der Waals surface area contributed by atoms with Gasteiger partial charge in [-0.15, -0.1) is 0 Å². The summed E-state index contributed by atoms with van der Waals surface area (Å²) in [6, 6.07) is 6.50. The Morgan fingerprint density at radius 3 is 2.88 bits per heavy atom. The van der Waals surface area contributed by atoms with Gasteiger partial charge in [-0.3, -0.25) is 0 Å². The minimum Gasteiger partial charge on any atom is -0.493 e. The van der Waals surface area contributed by atoms with Crippen molar-refractivity contribution in [3.63, 3.8) is 0 Å². The van der Waals surface area contributed by atoms with Crippen LogP contribution in [0, 0.1) is 0 Å². The predicted octanol–water partition coefficient (Wildman–Crippen LogP) is 4.12. The van der Waals surface area contributed by atoms with E-state index in [2.05, 4.69) is 34.1 Å². The fourth-order valence-electron chi connectivity index (χ4n) is 2.26. The third-order valence-corrected chi connectivity index (χ3v) is 3.70. The van der Waals surface area contributed by atoms with E-state index in [9.17, 15) is 0 Å². The fraction of sp³-hybridized carbons (Fsp3) is 0.571. The lowest BCUT2D eigenvalue weighted by molar-refractivity contribution is 0.305. The van der Waals surface area contributed by atoms with E-state index in [1.54, 1.807) is 0 Å². The van der Waals surface area contributed by atoms with E-state index in [0.29, 0.717) is 0 Å². The molecular weight excluding hydrogens is 264 g/mol. The number of ether oxygens (including phenoxy) is 1. The van der Waals surface area contributed by atoms with Crippen molar-refractivity contribution in [1.29, 1.82) is 0 Å². The van der Waals surface area contributed by atoms with E-state index >= 15 is 0 Å². The van der Waals surface area contributed by atoms with E-state index in [1.807, 2.05) is 0 Å². The molecule has 0 bridgehead atoms. The third kappa shape index (κ3) is 3.00. The highest BCUT2D eigenvalue weighted by Crippen LogP contribution is 2.29. The molecule has 0 atom stereocenters. The number of hydrogen-bond donors (Lipinski definition) is 0. The van der Waals surface area contributed by atoms with Gasteiger partial charge in [0.05, 0.1) is 6.61 Å². The predicted molar refractivity (Wildman–Crippen MR) is 71.6 cm³/mol. The van der Waals surface area contributed by atoms with Gasteiger partial charge in [0.25, 0.3) is 0 Å². The smallest absolute Gasteiger partial charge is 0.122 e. The molecule has 0 radical (unpaired) electrons. The van der Waals surface area contributed by atoms with Crippen LogP contribution in [-0.4, -0.2) is 11.9 Å². The molecule has 0 amide bonds. The van der Waals surface area contributed by atoms with Crippen LogP contribution in [0.3, 0.4) is 0 Å². The molecule has 0 heterocycles. The normalized spacial score (nSPS) is 14.6. The summed E-state index contributed by atoms with van der Waals surface area (Å²) in [6.07, 6.45) is 7.40. The van der Waals surface area contributed by atoms with E-state index in [1.165, 1.54) is 43.2 Å². The zero-order valence-electron chi connectivity index (χ0n) is 9.68. The summed E-state index contributed by atoms with van der Waals surface area (Å²) in [5, 5.41) is 1.07. The van der Waals surface area contributed by atoms with Gasteiger partial charge in [-0.25, -0.2) is 0 Å². The largest absolute Gasteiger partial charge is 0.493 e. The van der Waals surface area contributed by atoms with Gasteiger partial charge >= 0.3 is 0 Å². The highest BCUT2D eigenvalue weighted by molar-refractivity contribution is 9.09. The molecule has 0 aliphatic heterocycles. The first-order chi connectivity index (χ1) is 7.92. The summed E-state index contributed by atoms with van der Waals surface area (Å²) in [7, 11) is 0. The summed E-state index contributed by atoms with van der Waals surface area (Å²) < 4.78 is 5.89. The first kappa shape index (κ1) is 12.0. The average Bonchev–Trinajstić information content (AvgIpc) is 2.35. The van der Waals surface area contributed by atoms with E-state index in [4.69, 9.17) is 4.74 Å². The quantitative estimate of drug-likeness (QED) is 0.583. The van der Waals surface area contributed by atoms with Crippen LogP contribution in [0.4, 0.5) is 0 Å². The van der Waals surface area contributed by atoms with Gasteiger partial charge in [-0.05, 0) is 55.7 Å². The number of rotatable bonds is 5. The van der Waals surface area contributed by atoms with Crippen molar-refractivity contribution in [2.24, 2.45) is 0 Å². The van der Waals surface area contributed by atoms with Gasteiger partial charge in [0.2, 0.25) is 0 Å². The lowest BCUT2D eigenvalue weighted by Crippen LogP contribution is -2.07. The number of hydrogen-bond acceptors (Lipinski definition) is 1. The zero-order valence-corrected chi connectivity index (χ0v) is 11.3. The molecule has 0 aromatic heterocycles. The Morgan fingerprint density at radius 1 is 1.12 bits per heavy atom. The Bertz CT molecular complexity index is 336. The molecule has 1 aromatic rings. The second-order valence-corrected chi connectivity index (χ2v) is 5.14. The van der Waals surface area contributed by atoms with E-state index in [-0.39, 0.29) is 0 Å². The molecule has 0 unspecified atom stereocenters. The third-order valence-electron chi connectivity index (χ3n) is 3.14. The van der Waals surface area contributed by atoms with E-state index < -0.39 is 0 Å². The van der Waals surface area contributed by atoms with Crippen molar-refractivity contribution in [3.8, 4) is 5.75 Å². The van der Waals surface area contributed by atoms with Crippen LogP contribution in [0.2, 0.25) is 0 Å². The van der Waals surface area contributed by atoms with Crippen LogP contribution >= 0.6 is 15.9 Å². The first-order valence-electron chi connectivity index (χ1n) is 6.21. The van der Waals surface area contributed by atoms with Crippen molar-refractivity contribution in [3.05, 3.63) is 29.3 Å². The Balaban J connectivity index is 1.97. The summed E-state index contributed by atoms with van der Waals surface area (Å²) in [6.45, 7) is 0.849. The summed E-state index contributed by atoms with van der Waals surface area (Å²) >= 11 is 3.44. The molecule has 16 heavy (non-hydrogen) atoms. The number of fused-ring (bicyclic) bond motifs is 1. The summed E-state index contributed by atoms with van der Waals surface area (Å²) in [4.78, 5) is 0. The average molecular weight is 283 g/mol. The molecule has 88 valence electrons. The highest BCUT2D eigenvalue weighted by Gasteiger charge is 2.13. The van der Waals surface area contributed by atoms with Crippen molar-refractivity contribution >= 4 is 15.9 Å². The van der Waals surface area contributed by atoms with Gasteiger partial charge in [-0.1, -0.05) is 28.1 Å². The minimum absolute atomic E-state index is 0.849. The lowest BCUT2D eigenvalue weighted by Gasteiger charge is -2.19. The maximum Gasteiger partial charge on any atom is 0.122 e. The Kier molecular flexibility index (Phi) is 4.70. The molecule has 2 heteroatoms. The summed E-state index contributed by atoms with van der Waals surface area (Å²) in [5.41, 5.74) is 2.97. The van der Waals surface area contributed by atoms with Gasteiger partial charge in [0, 0.05) is 5.33 Å². The van der Waals surface area contributed by atoms with Crippen molar-refractivity contribution in [2.45, 2.75) is 38.5 Å². The van der Waals surface area contributed by atoms with Gasteiger partial charge in [-0.2, -0.15) is 0 Å². The molecule has 0 spiro atoms.